The number of aryl methyl sites for hydroxylation is 1. The van der Waals surface area contributed by atoms with Gasteiger partial charge in [0.15, 0.2) is 11.5 Å². The molecule has 1 amide bonds. The lowest BCUT2D eigenvalue weighted by molar-refractivity contribution is 0.0707. The molecule has 4 heterocycles. The Balaban J connectivity index is 1.52. The van der Waals surface area contributed by atoms with E-state index in [2.05, 4.69) is 36.1 Å². The van der Waals surface area contributed by atoms with Crippen LogP contribution in [0.25, 0.3) is 5.65 Å². The van der Waals surface area contributed by atoms with Crippen LogP contribution in [-0.4, -0.2) is 60.6 Å². The third-order valence-electron chi connectivity index (χ3n) is 5.42. The number of likely N-dealkylation sites (tertiary alicyclic amines) is 1. The van der Waals surface area contributed by atoms with Crippen LogP contribution in [0.4, 0.5) is 0 Å². The molecule has 1 saturated heterocycles. The number of carbonyl (C=O) groups is 1. The van der Waals surface area contributed by atoms with Crippen LogP contribution in [-0.2, 0) is 12.5 Å². The largest absolute Gasteiger partial charge is 0.479 e. The molecular formula is C20H27N7O2. The third-order valence-corrected chi connectivity index (χ3v) is 5.42. The normalized spacial score (nSPS) is 15.8. The lowest BCUT2D eigenvalue weighted by Gasteiger charge is -2.31. The van der Waals surface area contributed by atoms with Crippen LogP contribution in [0, 0.1) is 0 Å². The second kappa shape index (κ2) is 7.13. The van der Waals surface area contributed by atoms with Gasteiger partial charge in [0.2, 0.25) is 5.88 Å². The fourth-order valence-electron chi connectivity index (χ4n) is 3.74. The molecule has 0 saturated carbocycles. The Kier molecular flexibility index (Phi) is 4.76. The quantitative estimate of drug-likeness (QED) is 0.673. The van der Waals surface area contributed by atoms with E-state index in [0.29, 0.717) is 24.5 Å². The second-order valence-corrected chi connectivity index (χ2v) is 8.59. The van der Waals surface area contributed by atoms with Gasteiger partial charge in [-0.2, -0.15) is 9.61 Å². The predicted octanol–water partition coefficient (Wildman–Crippen LogP) is 2.18. The Hall–Kier alpha value is -2.97. The minimum atomic E-state index is -0.0485. The number of nitrogens with zero attached hydrogens (tertiary/aromatic N) is 7. The van der Waals surface area contributed by atoms with E-state index >= 15 is 0 Å². The number of piperidine rings is 1. The summed E-state index contributed by atoms with van der Waals surface area (Å²) >= 11 is 0. The number of fused-ring (bicyclic) bond motifs is 1. The molecule has 3 aromatic heterocycles. The summed E-state index contributed by atoms with van der Waals surface area (Å²) in [6, 6.07) is 3.98. The van der Waals surface area contributed by atoms with Crippen molar-refractivity contribution < 1.29 is 9.53 Å². The summed E-state index contributed by atoms with van der Waals surface area (Å²) in [4.78, 5) is 14.8. The molecule has 0 unspecified atom stereocenters. The van der Waals surface area contributed by atoms with Crippen molar-refractivity contribution in [2.75, 3.05) is 20.2 Å². The molecule has 4 rings (SSSR count). The van der Waals surface area contributed by atoms with Crippen molar-refractivity contribution in [3.8, 4) is 5.88 Å². The van der Waals surface area contributed by atoms with Crippen molar-refractivity contribution in [3.63, 3.8) is 0 Å². The van der Waals surface area contributed by atoms with E-state index in [1.54, 1.807) is 17.9 Å². The number of rotatable bonds is 3. The van der Waals surface area contributed by atoms with E-state index in [-0.39, 0.29) is 17.2 Å². The van der Waals surface area contributed by atoms with Crippen LogP contribution >= 0.6 is 0 Å². The van der Waals surface area contributed by atoms with Gasteiger partial charge < -0.3 is 9.64 Å². The molecule has 0 atom stereocenters. The van der Waals surface area contributed by atoms with Gasteiger partial charge in [-0.05, 0) is 25.0 Å². The Morgan fingerprint density at radius 3 is 2.52 bits per heavy atom. The summed E-state index contributed by atoms with van der Waals surface area (Å²) in [5, 5.41) is 17.7. The van der Waals surface area contributed by atoms with E-state index in [1.807, 2.05) is 21.5 Å². The lowest BCUT2D eigenvalue weighted by Crippen LogP contribution is -2.38. The summed E-state index contributed by atoms with van der Waals surface area (Å²) in [7, 11) is 3.31. The van der Waals surface area contributed by atoms with E-state index in [9.17, 15) is 4.79 Å². The Bertz CT molecular complexity index is 1040. The number of ether oxygens (including phenoxy) is 1. The SMILES string of the molecule is COc1nn(C)cc1C(=O)N1CCC(c2nnc3ccc(C(C)(C)C)nn23)CC1. The maximum atomic E-state index is 12.9. The van der Waals surface area contributed by atoms with Crippen molar-refractivity contribution in [1.29, 1.82) is 0 Å². The molecule has 0 N–H and O–H groups in total. The summed E-state index contributed by atoms with van der Waals surface area (Å²) in [6.45, 7) is 7.72. The zero-order chi connectivity index (χ0) is 20.8. The zero-order valence-electron chi connectivity index (χ0n) is 17.6. The summed E-state index contributed by atoms with van der Waals surface area (Å²) < 4.78 is 8.70. The monoisotopic (exact) mass is 397 g/mol. The first-order chi connectivity index (χ1) is 13.8. The van der Waals surface area contributed by atoms with E-state index in [0.717, 1.165) is 30.0 Å². The Labute approximate surface area is 169 Å². The number of hydrogen-bond donors (Lipinski definition) is 0. The van der Waals surface area contributed by atoms with Crippen molar-refractivity contribution in [1.82, 2.24) is 34.5 Å². The standard InChI is InChI=1S/C20H27N7O2/c1-20(2,3)15-6-7-16-21-22-17(27(16)23-15)13-8-10-26(11-9-13)19(28)14-12-25(4)24-18(14)29-5/h6-7,12-13H,8-11H2,1-5H3. The molecule has 1 fully saturated rings. The highest BCUT2D eigenvalue weighted by molar-refractivity contribution is 5.96. The van der Waals surface area contributed by atoms with Crippen molar-refractivity contribution in [2.24, 2.45) is 7.05 Å². The van der Waals surface area contributed by atoms with Gasteiger partial charge in [-0.1, -0.05) is 20.8 Å². The number of hydrogen-bond acceptors (Lipinski definition) is 6. The first kappa shape index (κ1) is 19.4. The smallest absolute Gasteiger partial charge is 0.260 e. The van der Waals surface area contributed by atoms with Gasteiger partial charge in [0.05, 0.1) is 12.8 Å². The molecule has 0 radical (unpaired) electrons. The maximum Gasteiger partial charge on any atom is 0.260 e. The predicted molar refractivity (Wildman–Crippen MR) is 107 cm³/mol. The Morgan fingerprint density at radius 2 is 1.86 bits per heavy atom. The summed E-state index contributed by atoms with van der Waals surface area (Å²) in [6.07, 6.45) is 3.34. The van der Waals surface area contributed by atoms with Gasteiger partial charge in [-0.25, -0.2) is 0 Å². The number of aromatic nitrogens is 6. The highest BCUT2D eigenvalue weighted by atomic mass is 16.5. The van der Waals surface area contributed by atoms with E-state index in [1.165, 1.54) is 7.11 Å². The molecule has 154 valence electrons. The molecule has 1 aliphatic heterocycles. The first-order valence-electron chi connectivity index (χ1n) is 9.87. The molecule has 1 aliphatic rings. The van der Waals surface area contributed by atoms with Crippen LogP contribution in [0.5, 0.6) is 5.88 Å². The van der Waals surface area contributed by atoms with Crippen LogP contribution in [0.15, 0.2) is 18.3 Å². The maximum absolute atomic E-state index is 12.9. The summed E-state index contributed by atoms with van der Waals surface area (Å²) in [5.74, 6) is 1.40. The molecule has 9 heteroatoms. The fraction of sp³-hybridized carbons (Fsp3) is 0.550. The van der Waals surface area contributed by atoms with Crippen molar-refractivity contribution >= 4 is 11.6 Å². The molecule has 9 nitrogen and oxygen atoms in total. The third kappa shape index (κ3) is 3.56. The molecule has 0 aromatic carbocycles. The van der Waals surface area contributed by atoms with Gasteiger partial charge in [0.25, 0.3) is 5.91 Å². The van der Waals surface area contributed by atoms with Crippen LogP contribution in [0.1, 0.15) is 61.4 Å². The molecule has 0 spiro atoms. The van der Waals surface area contributed by atoms with Crippen LogP contribution in [0.2, 0.25) is 0 Å². The number of amides is 1. The highest BCUT2D eigenvalue weighted by Gasteiger charge is 2.30. The number of methoxy groups -OCH3 is 1. The Morgan fingerprint density at radius 1 is 1.14 bits per heavy atom. The highest BCUT2D eigenvalue weighted by Crippen LogP contribution is 2.29. The van der Waals surface area contributed by atoms with Gasteiger partial charge in [0, 0.05) is 37.7 Å². The van der Waals surface area contributed by atoms with E-state index < -0.39 is 0 Å². The van der Waals surface area contributed by atoms with E-state index in [4.69, 9.17) is 9.84 Å². The van der Waals surface area contributed by atoms with Gasteiger partial charge in [-0.15, -0.1) is 15.3 Å². The fourth-order valence-corrected chi connectivity index (χ4v) is 3.74. The van der Waals surface area contributed by atoms with Gasteiger partial charge in [0.1, 0.15) is 5.56 Å². The lowest BCUT2D eigenvalue weighted by atomic mass is 9.92. The van der Waals surface area contributed by atoms with Crippen molar-refractivity contribution in [3.05, 3.63) is 35.4 Å². The first-order valence-corrected chi connectivity index (χ1v) is 9.87. The molecular weight excluding hydrogens is 370 g/mol. The van der Waals surface area contributed by atoms with Crippen LogP contribution < -0.4 is 4.74 Å². The molecule has 0 aliphatic carbocycles. The van der Waals surface area contributed by atoms with Gasteiger partial charge in [-0.3, -0.25) is 9.48 Å². The molecule has 3 aromatic rings. The van der Waals surface area contributed by atoms with Gasteiger partial charge >= 0.3 is 0 Å². The van der Waals surface area contributed by atoms with Crippen LogP contribution in [0.3, 0.4) is 0 Å². The summed E-state index contributed by atoms with van der Waals surface area (Å²) in [5.41, 5.74) is 2.21. The topological polar surface area (TPSA) is 90.4 Å². The average molecular weight is 397 g/mol. The van der Waals surface area contributed by atoms with Crippen molar-refractivity contribution in [2.45, 2.75) is 44.9 Å². The second-order valence-electron chi connectivity index (χ2n) is 8.59. The zero-order valence-corrected chi connectivity index (χ0v) is 17.6. The average Bonchev–Trinajstić information content (AvgIpc) is 3.29. The number of carbonyl (C=O) groups excluding carboxylic acids is 1. The minimum Gasteiger partial charge on any atom is -0.479 e. The minimum absolute atomic E-state index is 0.0473. The molecule has 0 bridgehead atoms. The molecule has 29 heavy (non-hydrogen) atoms.